The average molecular weight is 491 g/mol. The van der Waals surface area contributed by atoms with E-state index in [0.29, 0.717) is 21.6 Å². The summed E-state index contributed by atoms with van der Waals surface area (Å²) in [5, 5.41) is 3.48. The predicted octanol–water partition coefficient (Wildman–Crippen LogP) is 3.64. The summed E-state index contributed by atoms with van der Waals surface area (Å²) in [6, 6.07) is 12.2. The number of amides is 2. The van der Waals surface area contributed by atoms with Gasteiger partial charge in [0, 0.05) is 12.7 Å². The smallest absolute Gasteiger partial charge is 0.357 e. The maximum Gasteiger partial charge on any atom is 0.357 e. The lowest BCUT2D eigenvalue weighted by Gasteiger charge is -2.17. The van der Waals surface area contributed by atoms with E-state index in [2.05, 4.69) is 10.3 Å². The molecule has 3 aromatic rings. The number of carbonyl (C=O) groups excluding carboxylic acids is 3. The van der Waals surface area contributed by atoms with Gasteiger partial charge in [-0.05, 0) is 42.7 Å². The molecule has 0 radical (unpaired) electrons. The van der Waals surface area contributed by atoms with Crippen molar-refractivity contribution in [3.63, 3.8) is 0 Å². The number of hydrogen-bond donors (Lipinski definition) is 1. The Kier molecular flexibility index (Phi) is 8.07. The van der Waals surface area contributed by atoms with Gasteiger partial charge in [-0.1, -0.05) is 35.5 Å². The van der Waals surface area contributed by atoms with Gasteiger partial charge >= 0.3 is 5.97 Å². The number of imidazole rings is 1. The molecule has 3 rings (SSSR count). The van der Waals surface area contributed by atoms with Gasteiger partial charge in [0.15, 0.2) is 17.5 Å². The SMILES string of the molecule is CSc1ncc(C(=O)OCC(=O)N(C)CC(=O)Nc2ccccc2Cl)n1-c1ccc(F)cc1. The molecule has 0 aliphatic carbocycles. The predicted molar refractivity (Wildman–Crippen MR) is 123 cm³/mol. The first-order valence-corrected chi connectivity index (χ1v) is 11.2. The molecule has 2 aromatic carbocycles. The van der Waals surface area contributed by atoms with Crippen LogP contribution in [0, 0.1) is 5.82 Å². The first kappa shape index (κ1) is 24.3. The van der Waals surface area contributed by atoms with Crippen molar-refractivity contribution in [1.82, 2.24) is 14.5 Å². The third-order valence-electron chi connectivity index (χ3n) is 4.49. The highest BCUT2D eigenvalue weighted by Crippen LogP contribution is 2.23. The Morgan fingerprint density at radius 2 is 1.88 bits per heavy atom. The fourth-order valence-corrected chi connectivity index (χ4v) is 3.56. The van der Waals surface area contributed by atoms with Gasteiger partial charge in [0.1, 0.15) is 5.82 Å². The van der Waals surface area contributed by atoms with Crippen LogP contribution in [0.5, 0.6) is 0 Å². The van der Waals surface area contributed by atoms with Gasteiger partial charge < -0.3 is 15.0 Å². The summed E-state index contributed by atoms with van der Waals surface area (Å²) < 4.78 is 19.9. The molecule has 33 heavy (non-hydrogen) atoms. The molecule has 0 aliphatic rings. The second-order valence-electron chi connectivity index (χ2n) is 6.80. The lowest BCUT2D eigenvalue weighted by Crippen LogP contribution is -2.37. The van der Waals surface area contributed by atoms with Gasteiger partial charge in [-0.15, -0.1) is 0 Å². The van der Waals surface area contributed by atoms with E-state index in [1.807, 2.05) is 0 Å². The Morgan fingerprint density at radius 1 is 1.18 bits per heavy atom. The number of nitrogens with one attached hydrogen (secondary N) is 1. The number of para-hydroxylation sites is 1. The molecule has 0 fully saturated rings. The highest BCUT2D eigenvalue weighted by atomic mass is 35.5. The van der Waals surface area contributed by atoms with Crippen LogP contribution >= 0.6 is 23.4 Å². The van der Waals surface area contributed by atoms with Crippen LogP contribution in [-0.2, 0) is 14.3 Å². The zero-order valence-electron chi connectivity index (χ0n) is 17.7. The average Bonchev–Trinajstić information content (AvgIpc) is 3.23. The van der Waals surface area contributed by atoms with Crippen molar-refractivity contribution < 1.29 is 23.5 Å². The summed E-state index contributed by atoms with van der Waals surface area (Å²) >= 11 is 7.30. The van der Waals surface area contributed by atoms with E-state index in [0.717, 1.165) is 4.90 Å². The molecular weight excluding hydrogens is 471 g/mol. The highest BCUT2D eigenvalue weighted by Gasteiger charge is 2.21. The number of rotatable bonds is 8. The van der Waals surface area contributed by atoms with Crippen molar-refractivity contribution in [2.45, 2.75) is 5.16 Å². The van der Waals surface area contributed by atoms with E-state index in [1.54, 1.807) is 30.5 Å². The molecule has 11 heteroatoms. The Morgan fingerprint density at radius 3 is 2.55 bits per heavy atom. The Balaban J connectivity index is 1.61. The zero-order chi connectivity index (χ0) is 24.0. The minimum Gasteiger partial charge on any atom is -0.451 e. The molecule has 0 saturated carbocycles. The summed E-state index contributed by atoms with van der Waals surface area (Å²) in [7, 11) is 1.41. The van der Waals surface area contributed by atoms with Gasteiger partial charge in [-0.25, -0.2) is 14.2 Å². The van der Waals surface area contributed by atoms with Gasteiger partial charge in [-0.2, -0.15) is 0 Å². The summed E-state index contributed by atoms with van der Waals surface area (Å²) in [6.45, 7) is -0.830. The number of thioether (sulfide) groups is 1. The fraction of sp³-hybridized carbons (Fsp3) is 0.182. The highest BCUT2D eigenvalue weighted by molar-refractivity contribution is 7.98. The van der Waals surface area contributed by atoms with Crippen molar-refractivity contribution in [3.05, 3.63) is 71.3 Å². The van der Waals surface area contributed by atoms with Gasteiger partial charge in [0.2, 0.25) is 5.91 Å². The maximum atomic E-state index is 13.3. The van der Waals surface area contributed by atoms with Crippen molar-refractivity contribution in [2.75, 3.05) is 31.8 Å². The molecule has 1 N–H and O–H groups in total. The molecule has 0 bridgehead atoms. The van der Waals surface area contributed by atoms with E-state index in [1.165, 1.54) is 53.8 Å². The molecule has 0 atom stereocenters. The number of anilines is 1. The topological polar surface area (TPSA) is 93.5 Å². The Hall–Kier alpha value is -3.37. The second-order valence-corrected chi connectivity index (χ2v) is 7.98. The summed E-state index contributed by atoms with van der Waals surface area (Å²) in [4.78, 5) is 42.5. The van der Waals surface area contributed by atoms with Crippen molar-refractivity contribution >= 4 is 46.8 Å². The van der Waals surface area contributed by atoms with E-state index in [-0.39, 0.29) is 12.2 Å². The van der Waals surface area contributed by atoms with Crippen LogP contribution in [0.2, 0.25) is 5.02 Å². The van der Waals surface area contributed by atoms with E-state index in [4.69, 9.17) is 16.3 Å². The monoisotopic (exact) mass is 490 g/mol. The fourth-order valence-electron chi connectivity index (χ4n) is 2.83. The second kappa shape index (κ2) is 11.0. The normalized spacial score (nSPS) is 10.5. The van der Waals surface area contributed by atoms with Crippen LogP contribution in [0.15, 0.2) is 59.9 Å². The van der Waals surface area contributed by atoms with E-state index < -0.39 is 30.2 Å². The molecule has 0 saturated heterocycles. The van der Waals surface area contributed by atoms with E-state index in [9.17, 15) is 18.8 Å². The molecule has 172 valence electrons. The van der Waals surface area contributed by atoms with Crippen LogP contribution in [-0.4, -0.2) is 58.7 Å². The number of halogens is 2. The molecule has 1 aromatic heterocycles. The van der Waals surface area contributed by atoms with Crippen molar-refractivity contribution in [3.8, 4) is 5.69 Å². The van der Waals surface area contributed by atoms with E-state index >= 15 is 0 Å². The van der Waals surface area contributed by atoms with Crippen LogP contribution in [0.1, 0.15) is 10.5 Å². The summed E-state index contributed by atoms with van der Waals surface area (Å²) in [6.07, 6.45) is 3.10. The van der Waals surface area contributed by atoms with Gasteiger partial charge in [0.25, 0.3) is 5.91 Å². The first-order chi connectivity index (χ1) is 15.8. The summed E-state index contributed by atoms with van der Waals surface area (Å²) in [5.74, 6) is -2.23. The minimum absolute atomic E-state index is 0.0814. The third-order valence-corrected chi connectivity index (χ3v) is 5.47. The van der Waals surface area contributed by atoms with Gasteiger partial charge in [0.05, 0.1) is 23.5 Å². The van der Waals surface area contributed by atoms with Crippen molar-refractivity contribution in [2.24, 2.45) is 0 Å². The minimum atomic E-state index is -0.783. The molecule has 0 spiro atoms. The molecule has 2 amide bonds. The quantitative estimate of drug-likeness (QED) is 0.383. The van der Waals surface area contributed by atoms with Crippen LogP contribution in [0.25, 0.3) is 5.69 Å². The number of aromatic nitrogens is 2. The number of carbonyl (C=O) groups is 3. The lowest BCUT2D eigenvalue weighted by atomic mass is 10.3. The number of nitrogens with zero attached hydrogens (tertiary/aromatic N) is 3. The molecule has 8 nitrogen and oxygen atoms in total. The number of likely N-dealkylation sites (N-methyl/N-ethyl adjacent to an activating group) is 1. The largest absolute Gasteiger partial charge is 0.451 e. The van der Waals surface area contributed by atoms with Crippen LogP contribution in [0.4, 0.5) is 10.1 Å². The standard InChI is InChI=1S/C22H20ClFN4O4S/c1-27(12-19(29)26-17-6-4-3-5-16(17)23)20(30)13-32-21(31)18-11-25-22(33-2)28(18)15-9-7-14(24)8-10-15/h3-11H,12-13H2,1-2H3,(H,26,29). The third kappa shape index (κ3) is 6.11. The van der Waals surface area contributed by atoms with Crippen molar-refractivity contribution in [1.29, 1.82) is 0 Å². The Labute approximate surface area is 198 Å². The van der Waals surface area contributed by atoms with Gasteiger partial charge in [-0.3, -0.25) is 14.2 Å². The molecular formula is C22H20ClFN4O4S. The maximum absolute atomic E-state index is 13.3. The first-order valence-electron chi connectivity index (χ1n) is 9.63. The number of hydrogen-bond acceptors (Lipinski definition) is 6. The van der Waals surface area contributed by atoms with Crippen LogP contribution in [0.3, 0.4) is 0 Å². The number of benzene rings is 2. The summed E-state index contributed by atoms with van der Waals surface area (Å²) in [5.41, 5.74) is 1.03. The Bertz CT molecular complexity index is 1170. The zero-order valence-corrected chi connectivity index (χ0v) is 19.3. The lowest BCUT2D eigenvalue weighted by molar-refractivity contribution is -0.136. The number of ether oxygens (including phenoxy) is 1. The molecule has 1 heterocycles. The molecule has 0 unspecified atom stereocenters. The number of esters is 1. The van der Waals surface area contributed by atoms with Crippen LogP contribution < -0.4 is 5.32 Å². The molecule has 0 aliphatic heterocycles.